The Morgan fingerprint density at radius 3 is 2.47 bits per heavy atom. The van der Waals surface area contributed by atoms with Gasteiger partial charge in [0.15, 0.2) is 17.5 Å². The highest BCUT2D eigenvalue weighted by atomic mass is 127. The van der Waals surface area contributed by atoms with Crippen molar-refractivity contribution in [2.24, 2.45) is 4.99 Å². The summed E-state index contributed by atoms with van der Waals surface area (Å²) in [6.07, 6.45) is 1.79. The molecule has 0 aliphatic heterocycles. The van der Waals surface area contributed by atoms with Crippen LogP contribution >= 0.6 is 24.0 Å². The normalized spacial score (nSPS) is 11.4. The minimum Gasteiger partial charge on any atom is -0.493 e. The second-order valence-electron chi connectivity index (χ2n) is 7.91. The van der Waals surface area contributed by atoms with Crippen molar-refractivity contribution in [3.8, 4) is 11.5 Å². The molecule has 7 nitrogen and oxygen atoms in total. The number of carbonyl (C=O) groups excluding carboxylic acids is 1. The topological polar surface area (TPSA) is 75.2 Å². The largest absolute Gasteiger partial charge is 0.493 e. The zero-order valence-corrected chi connectivity index (χ0v) is 21.8. The van der Waals surface area contributed by atoms with E-state index in [1.165, 1.54) is 5.56 Å². The first kappa shape index (κ1) is 28.3. The first-order valence-electron chi connectivity index (χ1n) is 10.3. The van der Waals surface area contributed by atoms with Crippen molar-refractivity contribution < 1.29 is 14.3 Å². The van der Waals surface area contributed by atoms with Crippen LogP contribution in [0.4, 0.5) is 0 Å². The zero-order chi connectivity index (χ0) is 21.9. The molecule has 0 saturated heterocycles. The fourth-order valence-corrected chi connectivity index (χ4v) is 2.83. The van der Waals surface area contributed by atoms with Gasteiger partial charge in [-0.2, -0.15) is 0 Å². The Hall–Kier alpha value is -1.71. The molecular formula is C22H39IN4O3. The highest BCUT2D eigenvalue weighted by Gasteiger charge is 2.16. The molecule has 2 N–H and O–H groups in total. The van der Waals surface area contributed by atoms with E-state index in [1.54, 1.807) is 7.11 Å². The summed E-state index contributed by atoms with van der Waals surface area (Å²) in [5, 5.41) is 6.22. The van der Waals surface area contributed by atoms with Crippen molar-refractivity contribution in [2.75, 3.05) is 40.4 Å². The fraction of sp³-hybridized carbons (Fsp3) is 0.636. The van der Waals surface area contributed by atoms with E-state index in [-0.39, 0.29) is 42.0 Å². The van der Waals surface area contributed by atoms with E-state index in [1.807, 2.05) is 58.7 Å². The zero-order valence-electron chi connectivity index (χ0n) is 19.5. The standard InChI is InChI=1S/C22H38N4O3.HI/c1-8-23-21(26(6)16-20(27)25-22(3,4)5)24-14-10-11-17-12-13-18(28-7)19(15-17)29-9-2;/h12-13,15H,8-11,14,16H2,1-7H3,(H,23,24)(H,25,27);1H. The molecular weight excluding hydrogens is 495 g/mol. The molecule has 1 rings (SSSR count). The van der Waals surface area contributed by atoms with Crippen LogP contribution in [0.25, 0.3) is 0 Å². The monoisotopic (exact) mass is 534 g/mol. The summed E-state index contributed by atoms with van der Waals surface area (Å²) >= 11 is 0. The maximum absolute atomic E-state index is 12.2. The molecule has 0 saturated carbocycles. The van der Waals surface area contributed by atoms with Crippen LogP contribution in [0.15, 0.2) is 23.2 Å². The quantitative estimate of drug-likeness (QED) is 0.208. The molecule has 0 heterocycles. The van der Waals surface area contributed by atoms with Gasteiger partial charge in [0.2, 0.25) is 5.91 Å². The van der Waals surface area contributed by atoms with Crippen molar-refractivity contribution in [1.82, 2.24) is 15.5 Å². The third-order valence-electron chi connectivity index (χ3n) is 4.00. The first-order chi connectivity index (χ1) is 13.7. The molecule has 30 heavy (non-hydrogen) atoms. The van der Waals surface area contributed by atoms with Gasteiger partial charge in [0.1, 0.15) is 0 Å². The van der Waals surface area contributed by atoms with E-state index in [4.69, 9.17) is 9.47 Å². The third kappa shape index (κ3) is 10.9. The molecule has 0 unspecified atom stereocenters. The minimum atomic E-state index is -0.244. The van der Waals surface area contributed by atoms with Gasteiger partial charge < -0.3 is 25.0 Å². The molecule has 1 aromatic rings. The Morgan fingerprint density at radius 1 is 1.20 bits per heavy atom. The van der Waals surface area contributed by atoms with Gasteiger partial charge in [-0.15, -0.1) is 24.0 Å². The summed E-state index contributed by atoms with van der Waals surface area (Å²) < 4.78 is 11.0. The summed E-state index contributed by atoms with van der Waals surface area (Å²) in [6, 6.07) is 6.02. The Morgan fingerprint density at radius 2 is 1.90 bits per heavy atom. The lowest BCUT2D eigenvalue weighted by Gasteiger charge is -2.25. The Bertz CT molecular complexity index is 675. The van der Waals surface area contributed by atoms with Gasteiger partial charge >= 0.3 is 0 Å². The molecule has 0 spiro atoms. The molecule has 0 radical (unpaired) electrons. The number of hydrogen-bond acceptors (Lipinski definition) is 4. The SMILES string of the molecule is CCNC(=NCCCc1ccc(OC)c(OCC)c1)N(C)CC(=O)NC(C)(C)C.I. The second kappa shape index (κ2) is 14.3. The third-order valence-corrected chi connectivity index (χ3v) is 4.00. The lowest BCUT2D eigenvalue weighted by molar-refractivity contribution is -0.122. The number of benzene rings is 1. The van der Waals surface area contributed by atoms with E-state index in [0.717, 1.165) is 36.8 Å². The summed E-state index contributed by atoms with van der Waals surface area (Å²) in [5.74, 6) is 2.24. The van der Waals surface area contributed by atoms with Crippen LogP contribution in [0.5, 0.6) is 11.5 Å². The van der Waals surface area contributed by atoms with Gasteiger partial charge in [-0.25, -0.2) is 0 Å². The lowest BCUT2D eigenvalue weighted by Crippen LogP contribution is -2.48. The predicted molar refractivity (Wildman–Crippen MR) is 134 cm³/mol. The number of aryl methyl sites for hydroxylation is 1. The molecule has 172 valence electrons. The molecule has 1 amide bonds. The van der Waals surface area contributed by atoms with Crippen molar-refractivity contribution in [1.29, 1.82) is 0 Å². The Balaban J connectivity index is 0.00000841. The number of nitrogens with one attached hydrogen (secondary N) is 2. The summed E-state index contributed by atoms with van der Waals surface area (Å²) in [4.78, 5) is 18.7. The van der Waals surface area contributed by atoms with Gasteiger partial charge in [0.05, 0.1) is 20.3 Å². The maximum Gasteiger partial charge on any atom is 0.240 e. The van der Waals surface area contributed by atoms with Crippen LogP contribution < -0.4 is 20.1 Å². The number of amides is 1. The second-order valence-corrected chi connectivity index (χ2v) is 7.91. The summed E-state index contributed by atoms with van der Waals surface area (Å²) in [6.45, 7) is 12.2. The number of methoxy groups -OCH3 is 1. The lowest BCUT2D eigenvalue weighted by atomic mass is 10.1. The van der Waals surface area contributed by atoms with E-state index < -0.39 is 0 Å². The highest BCUT2D eigenvalue weighted by Crippen LogP contribution is 2.28. The van der Waals surface area contributed by atoms with Crippen LogP contribution in [0.2, 0.25) is 0 Å². The Kier molecular flexibility index (Phi) is 13.5. The summed E-state index contributed by atoms with van der Waals surface area (Å²) in [5.41, 5.74) is 0.943. The van der Waals surface area contributed by atoms with Crippen LogP contribution in [0.1, 0.15) is 46.6 Å². The van der Waals surface area contributed by atoms with E-state index in [0.29, 0.717) is 13.2 Å². The van der Waals surface area contributed by atoms with Crippen molar-refractivity contribution in [2.45, 2.75) is 53.0 Å². The van der Waals surface area contributed by atoms with Gasteiger partial charge in [0, 0.05) is 25.7 Å². The average Bonchev–Trinajstić information content (AvgIpc) is 2.63. The smallest absolute Gasteiger partial charge is 0.240 e. The number of ether oxygens (including phenoxy) is 2. The van der Waals surface area contributed by atoms with E-state index in [9.17, 15) is 4.79 Å². The number of likely N-dealkylation sites (N-methyl/N-ethyl adjacent to an activating group) is 1. The fourth-order valence-electron chi connectivity index (χ4n) is 2.83. The molecule has 0 aliphatic rings. The number of aliphatic imine (C=N–C) groups is 1. The van der Waals surface area contributed by atoms with Crippen LogP contribution in [-0.2, 0) is 11.2 Å². The molecule has 0 aliphatic carbocycles. The maximum atomic E-state index is 12.2. The van der Waals surface area contributed by atoms with Crippen LogP contribution in [0.3, 0.4) is 0 Å². The van der Waals surface area contributed by atoms with Gasteiger partial charge in [0.25, 0.3) is 0 Å². The molecule has 8 heteroatoms. The minimum absolute atomic E-state index is 0. The molecule has 0 bridgehead atoms. The molecule has 0 atom stereocenters. The number of guanidine groups is 1. The predicted octanol–water partition coefficient (Wildman–Crippen LogP) is 3.46. The van der Waals surface area contributed by atoms with E-state index in [2.05, 4.69) is 21.7 Å². The van der Waals surface area contributed by atoms with Crippen molar-refractivity contribution in [3.63, 3.8) is 0 Å². The number of nitrogens with zero attached hydrogens (tertiary/aromatic N) is 2. The molecule has 1 aromatic carbocycles. The van der Waals surface area contributed by atoms with E-state index >= 15 is 0 Å². The number of hydrogen-bond donors (Lipinski definition) is 2. The summed E-state index contributed by atoms with van der Waals surface area (Å²) in [7, 11) is 3.52. The van der Waals surface area contributed by atoms with Gasteiger partial charge in [-0.1, -0.05) is 6.07 Å². The average molecular weight is 534 g/mol. The first-order valence-corrected chi connectivity index (χ1v) is 10.3. The van der Waals surface area contributed by atoms with Crippen LogP contribution in [-0.4, -0.2) is 62.7 Å². The van der Waals surface area contributed by atoms with Crippen molar-refractivity contribution >= 4 is 35.8 Å². The highest BCUT2D eigenvalue weighted by molar-refractivity contribution is 14.0. The number of halogens is 1. The molecule has 0 aromatic heterocycles. The van der Waals surface area contributed by atoms with Gasteiger partial charge in [-0.3, -0.25) is 9.79 Å². The number of carbonyl (C=O) groups is 1. The number of rotatable bonds is 10. The Labute approximate surface area is 199 Å². The van der Waals surface area contributed by atoms with Crippen LogP contribution in [0, 0.1) is 0 Å². The van der Waals surface area contributed by atoms with Gasteiger partial charge in [-0.05, 0) is 65.2 Å². The van der Waals surface area contributed by atoms with Crippen molar-refractivity contribution in [3.05, 3.63) is 23.8 Å². The molecule has 0 fully saturated rings.